The third-order valence-corrected chi connectivity index (χ3v) is 4.28. The molecule has 3 unspecified atom stereocenters. The number of hydrogen-bond donors (Lipinski definition) is 1. The Morgan fingerprint density at radius 1 is 1.19 bits per heavy atom. The van der Waals surface area contributed by atoms with Gasteiger partial charge in [0.25, 0.3) is 0 Å². The van der Waals surface area contributed by atoms with Crippen LogP contribution in [-0.2, 0) is 4.74 Å². The largest absolute Gasteiger partial charge is 0.383 e. The Kier molecular flexibility index (Phi) is 7.94. The molecule has 3 atom stereocenters. The molecule has 0 fully saturated rings. The van der Waals surface area contributed by atoms with Gasteiger partial charge >= 0.3 is 0 Å². The zero-order chi connectivity index (χ0) is 15.8. The minimum absolute atomic E-state index is 0.342. The molecule has 21 heavy (non-hydrogen) atoms. The fraction of sp³-hybridized carbons (Fsp3) is 0.667. The lowest BCUT2D eigenvalue weighted by Crippen LogP contribution is -2.46. The molecule has 1 N–H and O–H groups in total. The SMILES string of the molecule is CCCNC(c1ccc(C)cc1)C(C)N(C)C(C)COC. The molecular weight excluding hydrogens is 260 g/mol. The molecule has 1 rings (SSSR count). The summed E-state index contributed by atoms with van der Waals surface area (Å²) in [4.78, 5) is 2.40. The van der Waals surface area contributed by atoms with Crippen molar-refractivity contribution in [2.45, 2.75) is 52.2 Å². The van der Waals surface area contributed by atoms with Crippen LogP contribution in [0, 0.1) is 6.92 Å². The van der Waals surface area contributed by atoms with Gasteiger partial charge in [-0.25, -0.2) is 0 Å². The predicted octanol–water partition coefficient (Wildman–Crippen LogP) is 3.39. The first kappa shape index (κ1) is 18.1. The molecule has 0 radical (unpaired) electrons. The second kappa shape index (κ2) is 9.19. The lowest BCUT2D eigenvalue weighted by Gasteiger charge is -2.36. The number of ether oxygens (including phenoxy) is 1. The molecule has 0 aliphatic rings. The van der Waals surface area contributed by atoms with Gasteiger partial charge in [-0.1, -0.05) is 36.8 Å². The summed E-state index contributed by atoms with van der Waals surface area (Å²) in [7, 11) is 3.95. The Morgan fingerprint density at radius 3 is 2.33 bits per heavy atom. The molecule has 3 nitrogen and oxygen atoms in total. The van der Waals surface area contributed by atoms with E-state index in [9.17, 15) is 0 Å². The van der Waals surface area contributed by atoms with E-state index in [0.717, 1.165) is 19.6 Å². The molecule has 0 aromatic heterocycles. The van der Waals surface area contributed by atoms with Gasteiger partial charge in [0.1, 0.15) is 0 Å². The molecule has 0 bridgehead atoms. The van der Waals surface area contributed by atoms with E-state index in [1.54, 1.807) is 7.11 Å². The highest BCUT2D eigenvalue weighted by Crippen LogP contribution is 2.22. The number of methoxy groups -OCH3 is 1. The number of likely N-dealkylation sites (N-methyl/N-ethyl adjacent to an activating group) is 1. The van der Waals surface area contributed by atoms with Gasteiger partial charge < -0.3 is 10.1 Å². The van der Waals surface area contributed by atoms with Gasteiger partial charge in [-0.2, -0.15) is 0 Å². The molecule has 120 valence electrons. The summed E-state index contributed by atoms with van der Waals surface area (Å²) in [6.07, 6.45) is 1.15. The van der Waals surface area contributed by atoms with Gasteiger partial charge in [0.2, 0.25) is 0 Å². The van der Waals surface area contributed by atoms with Crippen molar-refractivity contribution in [2.75, 3.05) is 27.3 Å². The minimum Gasteiger partial charge on any atom is -0.383 e. The predicted molar refractivity (Wildman–Crippen MR) is 90.8 cm³/mol. The van der Waals surface area contributed by atoms with Gasteiger partial charge in [-0.05, 0) is 46.3 Å². The highest BCUT2D eigenvalue weighted by molar-refractivity contribution is 5.25. The number of rotatable bonds is 9. The molecule has 1 aromatic rings. The quantitative estimate of drug-likeness (QED) is 0.755. The Balaban J connectivity index is 2.87. The van der Waals surface area contributed by atoms with E-state index >= 15 is 0 Å². The number of nitrogens with zero attached hydrogens (tertiary/aromatic N) is 1. The number of benzene rings is 1. The van der Waals surface area contributed by atoms with Crippen LogP contribution in [0.25, 0.3) is 0 Å². The highest BCUT2D eigenvalue weighted by atomic mass is 16.5. The van der Waals surface area contributed by atoms with Crippen LogP contribution in [0.1, 0.15) is 44.4 Å². The van der Waals surface area contributed by atoms with Crippen LogP contribution in [-0.4, -0.2) is 44.3 Å². The summed E-state index contributed by atoms with van der Waals surface area (Å²) in [5.41, 5.74) is 2.67. The van der Waals surface area contributed by atoms with E-state index in [1.165, 1.54) is 11.1 Å². The van der Waals surface area contributed by atoms with E-state index in [-0.39, 0.29) is 0 Å². The summed E-state index contributed by atoms with van der Waals surface area (Å²) < 4.78 is 5.30. The maximum absolute atomic E-state index is 5.30. The lowest BCUT2D eigenvalue weighted by atomic mass is 9.97. The van der Waals surface area contributed by atoms with Crippen molar-refractivity contribution in [1.29, 1.82) is 0 Å². The minimum atomic E-state index is 0.342. The Bertz CT molecular complexity index is 391. The first-order valence-electron chi connectivity index (χ1n) is 8.02. The third-order valence-electron chi connectivity index (χ3n) is 4.28. The van der Waals surface area contributed by atoms with E-state index in [2.05, 4.69) is 69.2 Å². The van der Waals surface area contributed by atoms with Crippen LogP contribution < -0.4 is 5.32 Å². The van der Waals surface area contributed by atoms with Crippen LogP contribution in [0.15, 0.2) is 24.3 Å². The van der Waals surface area contributed by atoms with Gasteiger partial charge in [-0.3, -0.25) is 4.90 Å². The standard InChI is InChI=1S/C18H32N2O/c1-7-12-19-18(17-10-8-14(2)9-11-17)16(4)20(5)15(3)13-21-6/h8-11,15-16,18-19H,7,12-13H2,1-6H3. The van der Waals surface area contributed by atoms with E-state index < -0.39 is 0 Å². The van der Waals surface area contributed by atoms with Crippen LogP contribution in [0.2, 0.25) is 0 Å². The first-order chi connectivity index (χ1) is 10.0. The molecule has 0 saturated carbocycles. The summed E-state index contributed by atoms with van der Waals surface area (Å²) in [5.74, 6) is 0. The molecule has 0 saturated heterocycles. The van der Waals surface area contributed by atoms with Crippen LogP contribution in [0.4, 0.5) is 0 Å². The number of nitrogens with one attached hydrogen (secondary N) is 1. The number of aryl methyl sites for hydroxylation is 1. The van der Waals surface area contributed by atoms with Crippen molar-refractivity contribution < 1.29 is 4.74 Å². The Labute approximate surface area is 130 Å². The molecule has 0 amide bonds. The van der Waals surface area contributed by atoms with Crippen molar-refractivity contribution in [2.24, 2.45) is 0 Å². The summed E-state index contributed by atoms with van der Waals surface area (Å²) in [6, 6.07) is 10.0. The lowest BCUT2D eigenvalue weighted by molar-refractivity contribution is 0.0810. The third kappa shape index (κ3) is 5.42. The average molecular weight is 292 g/mol. The van der Waals surface area contributed by atoms with Gasteiger partial charge in [0.15, 0.2) is 0 Å². The molecule has 1 aromatic carbocycles. The zero-order valence-electron chi connectivity index (χ0n) is 14.5. The maximum Gasteiger partial charge on any atom is 0.0615 e. The van der Waals surface area contributed by atoms with Gasteiger partial charge in [-0.15, -0.1) is 0 Å². The molecule has 3 heteroatoms. The molecule has 0 aliphatic carbocycles. The van der Waals surface area contributed by atoms with Crippen LogP contribution in [0.3, 0.4) is 0 Å². The molecule has 0 aliphatic heterocycles. The Hall–Kier alpha value is -0.900. The second-order valence-corrected chi connectivity index (χ2v) is 6.05. The summed E-state index contributed by atoms with van der Waals surface area (Å²) in [5, 5.41) is 3.70. The molecule has 0 spiro atoms. The fourth-order valence-electron chi connectivity index (χ4n) is 2.64. The number of hydrogen-bond acceptors (Lipinski definition) is 3. The zero-order valence-corrected chi connectivity index (χ0v) is 14.5. The maximum atomic E-state index is 5.30. The van der Waals surface area contributed by atoms with Crippen molar-refractivity contribution in [3.8, 4) is 0 Å². The second-order valence-electron chi connectivity index (χ2n) is 6.05. The van der Waals surface area contributed by atoms with E-state index in [4.69, 9.17) is 4.74 Å². The Morgan fingerprint density at radius 2 is 1.81 bits per heavy atom. The smallest absolute Gasteiger partial charge is 0.0615 e. The van der Waals surface area contributed by atoms with Crippen molar-refractivity contribution in [3.05, 3.63) is 35.4 Å². The first-order valence-corrected chi connectivity index (χ1v) is 8.02. The molecular formula is C18H32N2O. The summed E-state index contributed by atoms with van der Waals surface area (Å²) >= 11 is 0. The summed E-state index contributed by atoms with van der Waals surface area (Å²) in [6.45, 7) is 10.6. The fourth-order valence-corrected chi connectivity index (χ4v) is 2.64. The topological polar surface area (TPSA) is 24.5 Å². The van der Waals surface area contributed by atoms with E-state index in [0.29, 0.717) is 18.1 Å². The van der Waals surface area contributed by atoms with Crippen molar-refractivity contribution >= 4 is 0 Å². The molecule has 0 heterocycles. The van der Waals surface area contributed by atoms with Crippen LogP contribution >= 0.6 is 0 Å². The van der Waals surface area contributed by atoms with Crippen LogP contribution in [0.5, 0.6) is 0 Å². The van der Waals surface area contributed by atoms with Gasteiger partial charge in [0, 0.05) is 25.2 Å². The average Bonchev–Trinajstić information content (AvgIpc) is 2.48. The highest BCUT2D eigenvalue weighted by Gasteiger charge is 2.25. The van der Waals surface area contributed by atoms with Crippen molar-refractivity contribution in [1.82, 2.24) is 10.2 Å². The normalized spacial score (nSPS) is 16.0. The van der Waals surface area contributed by atoms with E-state index in [1.807, 2.05) is 0 Å². The van der Waals surface area contributed by atoms with Crippen molar-refractivity contribution in [3.63, 3.8) is 0 Å². The monoisotopic (exact) mass is 292 g/mol. The van der Waals surface area contributed by atoms with Gasteiger partial charge in [0.05, 0.1) is 6.61 Å².